The van der Waals surface area contributed by atoms with E-state index in [4.69, 9.17) is 0 Å². The second-order valence-electron chi connectivity index (χ2n) is 7.24. The second-order valence-corrected chi connectivity index (χ2v) is 7.24. The van der Waals surface area contributed by atoms with Crippen LogP contribution in [-0.2, 0) is 4.79 Å². The summed E-state index contributed by atoms with van der Waals surface area (Å²) in [6.45, 7) is 12.1. The Hall–Kier alpha value is -1.12. The number of aliphatic hydroxyl groups excluding tert-OH is 1. The van der Waals surface area contributed by atoms with Crippen LogP contribution in [0, 0.1) is 5.41 Å². The Bertz CT molecular complexity index is 423. The predicted molar refractivity (Wildman–Crippen MR) is 79.8 cm³/mol. The highest BCUT2D eigenvalue weighted by Crippen LogP contribution is 2.36. The molecule has 0 saturated heterocycles. The molecule has 0 bridgehead atoms. The lowest BCUT2D eigenvalue weighted by molar-refractivity contribution is -0.117. The highest BCUT2D eigenvalue weighted by molar-refractivity contribution is 6.23. The van der Waals surface area contributed by atoms with Crippen LogP contribution in [0.15, 0.2) is 16.3 Å². The molecule has 0 aliphatic heterocycles. The summed E-state index contributed by atoms with van der Waals surface area (Å²) in [7, 11) is 0. The Kier molecular flexibility index (Phi) is 4.59. The van der Waals surface area contributed by atoms with Crippen LogP contribution in [0.2, 0.25) is 0 Å². The lowest BCUT2D eigenvalue weighted by Gasteiger charge is -2.30. The van der Waals surface area contributed by atoms with E-state index in [1.807, 2.05) is 34.6 Å². The minimum atomic E-state index is -0.231. The predicted octanol–water partition coefficient (Wildman–Crippen LogP) is 4.23. The van der Waals surface area contributed by atoms with E-state index in [1.165, 1.54) is 0 Å². The summed E-state index contributed by atoms with van der Waals surface area (Å²) >= 11 is 0. The number of aliphatic imine (C=N–C) groups is 1. The van der Waals surface area contributed by atoms with Crippen molar-refractivity contribution < 1.29 is 9.90 Å². The Balaban J connectivity index is 3.23. The summed E-state index contributed by atoms with van der Waals surface area (Å²) in [5, 5.41) is 10.2. The molecule has 108 valence electrons. The van der Waals surface area contributed by atoms with Gasteiger partial charge in [0.15, 0.2) is 5.78 Å². The van der Waals surface area contributed by atoms with Gasteiger partial charge in [0.2, 0.25) is 0 Å². The van der Waals surface area contributed by atoms with Crippen molar-refractivity contribution in [1.82, 2.24) is 0 Å². The maximum atomic E-state index is 12.3. The van der Waals surface area contributed by atoms with Gasteiger partial charge in [-0.25, -0.2) is 0 Å². The molecule has 0 fully saturated rings. The Morgan fingerprint density at radius 1 is 1.32 bits per heavy atom. The minimum Gasteiger partial charge on any atom is -0.511 e. The van der Waals surface area contributed by atoms with Gasteiger partial charge < -0.3 is 5.11 Å². The maximum absolute atomic E-state index is 12.3. The van der Waals surface area contributed by atoms with Crippen molar-refractivity contribution in [2.24, 2.45) is 10.4 Å². The molecule has 0 aromatic rings. The number of carbonyl (C=O) groups excluding carboxylic acids is 1. The number of rotatable bonds is 3. The molecule has 0 saturated carbocycles. The molecule has 0 spiro atoms. The number of allylic oxidation sites excluding steroid dienone is 2. The quantitative estimate of drug-likeness (QED) is 0.776. The Morgan fingerprint density at radius 2 is 1.89 bits per heavy atom. The van der Waals surface area contributed by atoms with Gasteiger partial charge in [-0.15, -0.1) is 0 Å². The van der Waals surface area contributed by atoms with Gasteiger partial charge in [0, 0.05) is 18.6 Å². The van der Waals surface area contributed by atoms with E-state index in [1.54, 1.807) is 0 Å². The third-order valence-electron chi connectivity index (χ3n) is 3.10. The molecule has 19 heavy (non-hydrogen) atoms. The number of Topliss-reactive ketones (excluding diaryl/α,β-unsaturated/α-hetero) is 1. The van der Waals surface area contributed by atoms with Crippen LogP contribution in [0.25, 0.3) is 0 Å². The first-order valence-electron chi connectivity index (χ1n) is 7.10. The lowest BCUT2D eigenvalue weighted by Crippen LogP contribution is -2.30. The monoisotopic (exact) mass is 265 g/mol. The van der Waals surface area contributed by atoms with Gasteiger partial charge in [-0.2, -0.15) is 0 Å². The molecule has 0 radical (unpaired) electrons. The fourth-order valence-electron chi connectivity index (χ4n) is 2.49. The first kappa shape index (κ1) is 15.9. The van der Waals surface area contributed by atoms with E-state index in [0.717, 1.165) is 18.6 Å². The van der Waals surface area contributed by atoms with E-state index in [9.17, 15) is 9.90 Å². The molecule has 0 heterocycles. The van der Waals surface area contributed by atoms with Gasteiger partial charge in [-0.05, 0) is 32.6 Å². The zero-order chi connectivity index (χ0) is 14.8. The first-order chi connectivity index (χ1) is 8.56. The zero-order valence-electron chi connectivity index (χ0n) is 13.1. The van der Waals surface area contributed by atoms with Crippen molar-refractivity contribution in [3.8, 4) is 0 Å². The molecule has 0 amide bonds. The zero-order valence-corrected chi connectivity index (χ0v) is 13.1. The topological polar surface area (TPSA) is 49.7 Å². The third-order valence-corrected chi connectivity index (χ3v) is 3.10. The molecule has 3 nitrogen and oxygen atoms in total. The first-order valence-corrected chi connectivity index (χ1v) is 7.10. The lowest BCUT2D eigenvalue weighted by atomic mass is 9.75. The van der Waals surface area contributed by atoms with Gasteiger partial charge in [-0.1, -0.05) is 27.2 Å². The summed E-state index contributed by atoms with van der Waals surface area (Å²) in [5.41, 5.74) is 0.874. The smallest absolute Gasteiger partial charge is 0.168 e. The molecule has 0 unspecified atom stereocenters. The van der Waals surface area contributed by atoms with Gasteiger partial charge in [0.25, 0.3) is 0 Å². The average Bonchev–Trinajstić information content (AvgIpc) is 2.11. The van der Waals surface area contributed by atoms with Gasteiger partial charge in [-0.3, -0.25) is 9.79 Å². The molecule has 1 N–H and O–H groups in total. The van der Waals surface area contributed by atoms with Gasteiger partial charge in [0.1, 0.15) is 5.76 Å². The Labute approximate surface area is 116 Å². The van der Waals surface area contributed by atoms with Crippen molar-refractivity contribution in [2.45, 2.75) is 72.8 Å². The fourth-order valence-corrected chi connectivity index (χ4v) is 2.49. The second kappa shape index (κ2) is 5.48. The molecular weight excluding hydrogens is 238 g/mol. The number of hydrogen-bond donors (Lipinski definition) is 1. The van der Waals surface area contributed by atoms with Crippen molar-refractivity contribution in [1.29, 1.82) is 0 Å². The number of aliphatic hydroxyl groups is 1. The normalized spacial score (nSPS) is 20.9. The third kappa shape index (κ3) is 4.48. The summed E-state index contributed by atoms with van der Waals surface area (Å²) in [4.78, 5) is 17.0. The number of ketones is 1. The maximum Gasteiger partial charge on any atom is 0.168 e. The van der Waals surface area contributed by atoms with Crippen molar-refractivity contribution >= 4 is 11.5 Å². The van der Waals surface area contributed by atoms with E-state index in [-0.39, 0.29) is 22.5 Å². The van der Waals surface area contributed by atoms with Gasteiger partial charge >= 0.3 is 0 Å². The van der Waals surface area contributed by atoms with Gasteiger partial charge in [0.05, 0.1) is 11.1 Å². The van der Waals surface area contributed by atoms with Crippen molar-refractivity contribution in [3.63, 3.8) is 0 Å². The summed E-state index contributed by atoms with van der Waals surface area (Å²) < 4.78 is 0. The van der Waals surface area contributed by atoms with E-state index in [0.29, 0.717) is 18.4 Å². The molecular formula is C16H27NO2. The summed E-state index contributed by atoms with van der Waals surface area (Å²) in [5.74, 6) is 0.253. The summed E-state index contributed by atoms with van der Waals surface area (Å²) in [6, 6.07) is 0. The average molecular weight is 265 g/mol. The molecule has 3 heteroatoms. The Morgan fingerprint density at radius 3 is 2.32 bits per heavy atom. The van der Waals surface area contributed by atoms with Crippen LogP contribution in [0.1, 0.15) is 67.2 Å². The SMILES string of the molecule is CCCC(=NC(C)(C)C)C1=C(O)CC(C)(C)CC1=O. The van der Waals surface area contributed by atoms with Crippen LogP contribution >= 0.6 is 0 Å². The molecule has 0 aromatic heterocycles. The van der Waals surface area contributed by atoms with Crippen LogP contribution < -0.4 is 0 Å². The highest BCUT2D eigenvalue weighted by atomic mass is 16.3. The largest absolute Gasteiger partial charge is 0.511 e. The van der Waals surface area contributed by atoms with Crippen LogP contribution in [0.5, 0.6) is 0 Å². The fraction of sp³-hybridized carbons (Fsp3) is 0.750. The number of nitrogens with zero attached hydrogens (tertiary/aromatic N) is 1. The number of hydrogen-bond acceptors (Lipinski definition) is 3. The summed E-state index contributed by atoms with van der Waals surface area (Å²) in [6.07, 6.45) is 2.70. The molecule has 1 aliphatic rings. The molecule has 0 atom stereocenters. The van der Waals surface area contributed by atoms with Crippen molar-refractivity contribution in [3.05, 3.63) is 11.3 Å². The van der Waals surface area contributed by atoms with E-state index in [2.05, 4.69) is 11.9 Å². The van der Waals surface area contributed by atoms with Crippen molar-refractivity contribution in [2.75, 3.05) is 0 Å². The molecule has 0 aromatic carbocycles. The standard InChI is InChI=1S/C16H27NO2/c1-7-8-11(17-15(2,3)4)14-12(18)9-16(5,6)10-13(14)19/h18H,7-10H2,1-6H3. The van der Waals surface area contributed by atoms with E-state index < -0.39 is 0 Å². The highest BCUT2D eigenvalue weighted by Gasteiger charge is 2.35. The molecule has 1 aliphatic carbocycles. The van der Waals surface area contributed by atoms with Crippen LogP contribution in [-0.4, -0.2) is 22.1 Å². The molecule has 1 rings (SSSR count). The number of carbonyl (C=O) groups is 1. The van der Waals surface area contributed by atoms with Crippen LogP contribution in [0.4, 0.5) is 0 Å². The van der Waals surface area contributed by atoms with Crippen LogP contribution in [0.3, 0.4) is 0 Å². The van der Waals surface area contributed by atoms with E-state index >= 15 is 0 Å². The minimum absolute atomic E-state index is 0.0326.